The number of hydrogen-bond donors (Lipinski definition) is 2. The number of rotatable bonds is 6. The monoisotopic (exact) mass is 412 g/mol. The number of nitrogens with zero attached hydrogens (tertiary/aromatic N) is 1. The van der Waals surface area contributed by atoms with Crippen LogP contribution in [-0.4, -0.2) is 29.2 Å². The summed E-state index contributed by atoms with van der Waals surface area (Å²) in [6.07, 6.45) is 1.33. The molecule has 144 valence electrons. The maximum absolute atomic E-state index is 15.7. The molecule has 8 heteroatoms. The number of hydrogen-bond acceptors (Lipinski definition) is 4. The highest BCUT2D eigenvalue weighted by atomic mass is 35.5. The van der Waals surface area contributed by atoms with E-state index in [0.717, 1.165) is 0 Å². The van der Waals surface area contributed by atoms with Crippen molar-refractivity contribution < 1.29 is 19.0 Å². The summed E-state index contributed by atoms with van der Waals surface area (Å²) >= 11 is 12.0. The lowest BCUT2D eigenvalue weighted by atomic mass is 9.80. The van der Waals surface area contributed by atoms with Gasteiger partial charge in [0.25, 0.3) is 5.91 Å². The number of halogens is 3. The molecule has 0 saturated heterocycles. The molecule has 0 unspecified atom stereocenters. The number of pyridine rings is 1. The molecule has 0 saturated carbocycles. The van der Waals surface area contributed by atoms with E-state index < -0.39 is 17.7 Å². The van der Waals surface area contributed by atoms with Crippen LogP contribution in [0.25, 0.3) is 0 Å². The van der Waals surface area contributed by atoms with E-state index >= 15 is 4.39 Å². The molecule has 2 aromatic rings. The van der Waals surface area contributed by atoms with Crippen LogP contribution in [-0.2, 0) is 21.7 Å². The summed E-state index contributed by atoms with van der Waals surface area (Å²) in [6, 6.07) is 8.05. The van der Waals surface area contributed by atoms with Crippen LogP contribution in [0.3, 0.4) is 0 Å². The van der Waals surface area contributed by atoms with Crippen molar-refractivity contribution in [2.75, 3.05) is 13.2 Å². The van der Waals surface area contributed by atoms with Gasteiger partial charge >= 0.3 is 0 Å². The zero-order valence-corrected chi connectivity index (χ0v) is 15.9. The number of ether oxygens (including phenoxy) is 1. The average molecular weight is 413 g/mol. The Hall–Kier alpha value is -1.73. The Kier molecular flexibility index (Phi) is 6.32. The minimum atomic E-state index is -2.21. The Labute approximate surface area is 166 Å². The van der Waals surface area contributed by atoms with Crippen LogP contribution in [0.5, 0.6) is 0 Å². The lowest BCUT2D eigenvalue weighted by Crippen LogP contribution is -2.44. The summed E-state index contributed by atoms with van der Waals surface area (Å²) < 4.78 is 21.3. The number of alkyl halides is 1. The number of amides is 1. The molecule has 0 radical (unpaired) electrons. The molecule has 0 fully saturated rings. The molecule has 27 heavy (non-hydrogen) atoms. The molecule has 1 aliphatic rings. The Morgan fingerprint density at radius 2 is 2.22 bits per heavy atom. The van der Waals surface area contributed by atoms with Gasteiger partial charge in [0.15, 0.2) is 0 Å². The predicted molar refractivity (Wildman–Crippen MR) is 100 cm³/mol. The van der Waals surface area contributed by atoms with Crippen LogP contribution < -0.4 is 5.32 Å². The standard InChI is InChI=1S/C19H19Cl2FN2O3/c20-13-4-3-12(15(21)10-13)11-24-18(26)19(22)6-5-16(27-9-8-25)17-14(19)2-1-7-23-17/h1-4,7,10,16,25H,5-6,8-9,11H2,(H,24,26)/t16-,19-/m1/s1. The van der Waals surface area contributed by atoms with E-state index in [1.807, 2.05) is 0 Å². The molecular weight excluding hydrogens is 394 g/mol. The van der Waals surface area contributed by atoms with Gasteiger partial charge in [-0.05, 0) is 36.6 Å². The Morgan fingerprint density at radius 3 is 2.96 bits per heavy atom. The molecule has 1 aromatic heterocycles. The number of carbonyl (C=O) groups is 1. The molecule has 3 rings (SSSR count). The van der Waals surface area contributed by atoms with Crippen LogP contribution in [0.15, 0.2) is 36.5 Å². The second-order valence-electron chi connectivity index (χ2n) is 6.28. The summed E-state index contributed by atoms with van der Waals surface area (Å²) in [5, 5.41) is 12.5. The summed E-state index contributed by atoms with van der Waals surface area (Å²) in [6.45, 7) is 0.0730. The van der Waals surface area contributed by atoms with Crippen molar-refractivity contribution in [3.8, 4) is 0 Å². The first-order chi connectivity index (χ1) is 13.0. The maximum atomic E-state index is 15.7. The van der Waals surface area contributed by atoms with Gasteiger partial charge in [-0.15, -0.1) is 0 Å². The third-order valence-corrected chi connectivity index (χ3v) is 5.13. The minimum Gasteiger partial charge on any atom is -0.394 e. The van der Waals surface area contributed by atoms with E-state index in [9.17, 15) is 4.79 Å². The first-order valence-corrected chi connectivity index (χ1v) is 9.30. The van der Waals surface area contributed by atoms with E-state index in [4.69, 9.17) is 33.0 Å². The van der Waals surface area contributed by atoms with E-state index in [1.165, 1.54) is 6.20 Å². The molecule has 1 amide bonds. The molecule has 0 spiro atoms. The fraction of sp³-hybridized carbons (Fsp3) is 0.368. The number of aliphatic hydroxyl groups excluding tert-OH is 1. The number of fused-ring (bicyclic) bond motifs is 1. The van der Waals surface area contributed by atoms with Crippen molar-refractivity contribution >= 4 is 29.1 Å². The van der Waals surface area contributed by atoms with Gasteiger partial charge in [-0.25, -0.2) is 4.39 Å². The molecule has 1 aromatic carbocycles. The lowest BCUT2D eigenvalue weighted by molar-refractivity contribution is -0.136. The highest BCUT2D eigenvalue weighted by molar-refractivity contribution is 6.35. The number of aliphatic hydroxyl groups is 1. The van der Waals surface area contributed by atoms with Gasteiger partial charge in [0.05, 0.1) is 18.9 Å². The minimum absolute atomic E-state index is 0.0397. The van der Waals surface area contributed by atoms with E-state index in [-0.39, 0.29) is 38.2 Å². The third-order valence-electron chi connectivity index (χ3n) is 4.55. The number of benzene rings is 1. The molecule has 0 bridgehead atoms. The first-order valence-electron chi connectivity index (χ1n) is 8.54. The fourth-order valence-corrected chi connectivity index (χ4v) is 3.66. The number of carbonyl (C=O) groups excluding carboxylic acids is 1. The topological polar surface area (TPSA) is 71.5 Å². The maximum Gasteiger partial charge on any atom is 0.262 e. The smallest absolute Gasteiger partial charge is 0.262 e. The van der Waals surface area contributed by atoms with Crippen molar-refractivity contribution in [1.82, 2.24) is 10.3 Å². The van der Waals surface area contributed by atoms with Crippen molar-refractivity contribution in [3.63, 3.8) is 0 Å². The van der Waals surface area contributed by atoms with Crippen LogP contribution in [0.1, 0.15) is 35.8 Å². The highest BCUT2D eigenvalue weighted by Gasteiger charge is 2.47. The van der Waals surface area contributed by atoms with Crippen molar-refractivity contribution in [2.45, 2.75) is 31.2 Å². The molecule has 2 atom stereocenters. The Balaban J connectivity index is 1.79. The second kappa shape index (κ2) is 8.52. The summed E-state index contributed by atoms with van der Waals surface area (Å²) in [4.78, 5) is 16.9. The second-order valence-corrected chi connectivity index (χ2v) is 7.12. The zero-order valence-electron chi connectivity index (χ0n) is 14.4. The van der Waals surface area contributed by atoms with Gasteiger partial charge < -0.3 is 15.2 Å². The van der Waals surface area contributed by atoms with Gasteiger partial charge in [-0.1, -0.05) is 35.3 Å². The van der Waals surface area contributed by atoms with Gasteiger partial charge in [-0.3, -0.25) is 9.78 Å². The summed E-state index contributed by atoms with van der Waals surface area (Å²) in [5.74, 6) is -0.747. The SMILES string of the molecule is O=C(NCc1ccc(Cl)cc1Cl)[C@@]1(F)CC[C@@H](OCCO)c2ncccc21. The molecule has 5 nitrogen and oxygen atoms in total. The van der Waals surface area contributed by atoms with Gasteiger partial charge in [0, 0.05) is 28.4 Å². The van der Waals surface area contributed by atoms with Crippen LogP contribution >= 0.6 is 23.2 Å². The Bertz CT molecular complexity index is 836. The largest absolute Gasteiger partial charge is 0.394 e. The Morgan fingerprint density at radius 1 is 1.41 bits per heavy atom. The van der Waals surface area contributed by atoms with Crippen molar-refractivity contribution in [3.05, 3.63) is 63.4 Å². The summed E-state index contributed by atoms with van der Waals surface area (Å²) in [5.41, 5.74) is -0.982. The fourth-order valence-electron chi connectivity index (χ4n) is 3.18. The molecule has 2 N–H and O–H groups in total. The van der Waals surface area contributed by atoms with Crippen LogP contribution in [0.4, 0.5) is 4.39 Å². The van der Waals surface area contributed by atoms with Gasteiger partial charge in [0.1, 0.15) is 6.10 Å². The van der Waals surface area contributed by atoms with Crippen LogP contribution in [0, 0.1) is 0 Å². The normalized spacial score (nSPS) is 21.6. The van der Waals surface area contributed by atoms with E-state index in [1.54, 1.807) is 30.3 Å². The van der Waals surface area contributed by atoms with Gasteiger partial charge in [0.2, 0.25) is 5.67 Å². The summed E-state index contributed by atoms with van der Waals surface area (Å²) in [7, 11) is 0. The van der Waals surface area contributed by atoms with Crippen LogP contribution in [0.2, 0.25) is 10.0 Å². The van der Waals surface area contributed by atoms with E-state index in [0.29, 0.717) is 21.3 Å². The van der Waals surface area contributed by atoms with E-state index in [2.05, 4.69) is 10.3 Å². The first kappa shape index (κ1) is 20.0. The third kappa shape index (κ3) is 4.24. The molecule has 1 heterocycles. The average Bonchev–Trinajstić information content (AvgIpc) is 2.67. The zero-order chi connectivity index (χ0) is 19.4. The molecule has 1 aliphatic carbocycles. The van der Waals surface area contributed by atoms with Crippen molar-refractivity contribution in [2.24, 2.45) is 0 Å². The number of nitrogens with one attached hydrogen (secondary N) is 1. The predicted octanol–water partition coefficient (Wildman–Crippen LogP) is 3.71. The number of aromatic nitrogens is 1. The van der Waals surface area contributed by atoms with Crippen molar-refractivity contribution in [1.29, 1.82) is 0 Å². The molecular formula is C19H19Cl2FN2O3. The lowest BCUT2D eigenvalue weighted by Gasteiger charge is -2.34. The molecule has 0 aliphatic heterocycles. The quantitative estimate of drug-likeness (QED) is 0.758. The highest BCUT2D eigenvalue weighted by Crippen LogP contribution is 2.43. The van der Waals surface area contributed by atoms with Gasteiger partial charge in [-0.2, -0.15) is 0 Å².